The number of carbonyl (C=O) groups excluding carboxylic acids is 1. The second-order valence-corrected chi connectivity index (χ2v) is 4.82. The molecule has 1 aromatic rings. The second-order valence-electron chi connectivity index (χ2n) is 4.82. The zero-order valence-electron chi connectivity index (χ0n) is 13.2. The molecule has 0 saturated carbocycles. The Kier molecular flexibility index (Phi) is 8.46. The molecule has 1 aliphatic rings. The topological polar surface area (TPSA) is 66.0 Å². The van der Waals surface area contributed by atoms with Crippen LogP contribution in [0.1, 0.15) is 6.42 Å². The van der Waals surface area contributed by atoms with Crippen molar-refractivity contribution in [1.82, 2.24) is 10.6 Å². The molecule has 0 aliphatic carbocycles. The van der Waals surface area contributed by atoms with Crippen LogP contribution in [0.2, 0.25) is 0 Å². The maximum absolute atomic E-state index is 12.0. The fraction of sp³-hybridized carbons (Fsp3) is 0.375. The second kappa shape index (κ2) is 10.1. The number of para-hydroxylation sites is 2. The minimum absolute atomic E-state index is 0. The number of rotatable bonds is 6. The highest BCUT2D eigenvalue weighted by Crippen LogP contribution is 2.31. The van der Waals surface area contributed by atoms with Gasteiger partial charge in [-0.05, 0) is 18.6 Å². The molecule has 0 radical (unpaired) electrons. The first-order valence-corrected chi connectivity index (χ1v) is 7.34. The number of halogens is 1. The third kappa shape index (κ3) is 5.42. The Labute approximate surface area is 154 Å². The van der Waals surface area contributed by atoms with Gasteiger partial charge in [0.15, 0.2) is 12.6 Å². The number of hydrogen-bond acceptors (Lipinski definition) is 3. The Hall–Kier alpha value is -1.77. The van der Waals surface area contributed by atoms with Crippen LogP contribution >= 0.6 is 24.0 Å². The van der Waals surface area contributed by atoms with Crippen LogP contribution in [0.4, 0.5) is 5.69 Å². The van der Waals surface area contributed by atoms with Gasteiger partial charge in [0.2, 0.25) is 0 Å². The molecule has 0 atom stereocenters. The number of guanidine groups is 1. The van der Waals surface area contributed by atoms with Crippen LogP contribution in [0.3, 0.4) is 0 Å². The average molecular weight is 430 g/mol. The number of fused-ring (bicyclic) bond motifs is 1. The predicted octanol–water partition coefficient (Wildman–Crippen LogP) is 1.77. The number of benzene rings is 1. The first-order chi connectivity index (χ1) is 10.8. The number of amides is 1. The van der Waals surface area contributed by atoms with Gasteiger partial charge in [-0.15, -0.1) is 30.6 Å². The third-order valence-electron chi connectivity index (χ3n) is 3.30. The number of nitrogens with one attached hydrogen (secondary N) is 2. The Morgan fingerprint density at radius 3 is 2.96 bits per heavy atom. The highest BCUT2D eigenvalue weighted by molar-refractivity contribution is 14.0. The molecule has 0 aromatic heterocycles. The molecule has 1 amide bonds. The van der Waals surface area contributed by atoms with E-state index in [4.69, 9.17) is 4.74 Å². The van der Waals surface area contributed by atoms with Gasteiger partial charge in [0.25, 0.3) is 5.91 Å². The molecule has 2 N–H and O–H groups in total. The summed E-state index contributed by atoms with van der Waals surface area (Å²) in [6, 6.07) is 7.61. The van der Waals surface area contributed by atoms with Crippen molar-refractivity contribution in [3.63, 3.8) is 0 Å². The summed E-state index contributed by atoms with van der Waals surface area (Å²) in [4.78, 5) is 17.9. The van der Waals surface area contributed by atoms with Crippen molar-refractivity contribution in [3.05, 3.63) is 36.9 Å². The fourth-order valence-corrected chi connectivity index (χ4v) is 2.23. The minimum atomic E-state index is -0.00661. The quantitative estimate of drug-likeness (QED) is 0.238. The summed E-state index contributed by atoms with van der Waals surface area (Å²) >= 11 is 0. The van der Waals surface area contributed by atoms with Gasteiger partial charge in [-0.25, -0.2) is 0 Å². The smallest absolute Gasteiger partial charge is 0.265 e. The van der Waals surface area contributed by atoms with Crippen LogP contribution in [-0.2, 0) is 4.79 Å². The van der Waals surface area contributed by atoms with Crippen LogP contribution in [0.15, 0.2) is 41.9 Å². The van der Waals surface area contributed by atoms with E-state index in [1.807, 2.05) is 24.3 Å². The molecule has 0 fully saturated rings. The van der Waals surface area contributed by atoms with E-state index in [1.165, 1.54) is 0 Å². The van der Waals surface area contributed by atoms with Crippen molar-refractivity contribution in [2.75, 3.05) is 38.2 Å². The SMILES string of the molecule is C=CCNC(=NC)NCCCN1C(=O)COc2ccccc21.I. The van der Waals surface area contributed by atoms with Gasteiger partial charge in [0.1, 0.15) is 5.75 Å². The maximum atomic E-state index is 12.0. The fourth-order valence-electron chi connectivity index (χ4n) is 2.23. The lowest BCUT2D eigenvalue weighted by molar-refractivity contribution is -0.121. The molecule has 0 bridgehead atoms. The summed E-state index contributed by atoms with van der Waals surface area (Å²) in [6.07, 6.45) is 2.59. The highest BCUT2D eigenvalue weighted by atomic mass is 127. The number of carbonyl (C=O) groups is 1. The van der Waals surface area contributed by atoms with E-state index >= 15 is 0 Å². The normalized spacial score (nSPS) is 13.5. The van der Waals surface area contributed by atoms with Gasteiger partial charge in [-0.2, -0.15) is 0 Å². The molecule has 1 heterocycles. The number of hydrogen-bond donors (Lipinski definition) is 2. The van der Waals surface area contributed by atoms with Crippen molar-refractivity contribution >= 4 is 41.5 Å². The third-order valence-corrected chi connectivity index (χ3v) is 3.30. The molecule has 1 aromatic carbocycles. The standard InChI is InChI=1S/C16H22N4O2.HI/c1-3-9-18-16(17-2)19-10-6-11-20-13-7-4-5-8-14(13)22-12-15(20)21;/h3-5,7-8H,1,6,9-12H2,2H3,(H2,17,18,19);1H. The van der Waals surface area contributed by atoms with Gasteiger partial charge in [0.05, 0.1) is 5.69 Å². The summed E-state index contributed by atoms with van der Waals surface area (Å²) < 4.78 is 5.43. The lowest BCUT2D eigenvalue weighted by Gasteiger charge is -2.29. The van der Waals surface area contributed by atoms with E-state index in [0.29, 0.717) is 13.1 Å². The largest absolute Gasteiger partial charge is 0.482 e. The molecule has 0 unspecified atom stereocenters. The number of ether oxygens (including phenoxy) is 1. The number of anilines is 1. The van der Waals surface area contributed by atoms with Crippen LogP contribution < -0.4 is 20.3 Å². The average Bonchev–Trinajstić information content (AvgIpc) is 2.56. The van der Waals surface area contributed by atoms with E-state index in [9.17, 15) is 4.79 Å². The van der Waals surface area contributed by atoms with Gasteiger partial charge in [-0.1, -0.05) is 18.2 Å². The molecule has 1 aliphatic heterocycles. The molecule has 0 saturated heterocycles. The summed E-state index contributed by atoms with van der Waals surface area (Å²) in [5, 5.41) is 6.31. The Bertz CT molecular complexity index is 563. The van der Waals surface area contributed by atoms with Gasteiger partial charge in [-0.3, -0.25) is 9.79 Å². The first-order valence-electron chi connectivity index (χ1n) is 7.34. The lowest BCUT2D eigenvalue weighted by atomic mass is 10.2. The van der Waals surface area contributed by atoms with Gasteiger partial charge >= 0.3 is 0 Å². The van der Waals surface area contributed by atoms with E-state index in [0.717, 1.165) is 30.4 Å². The molecule has 6 nitrogen and oxygen atoms in total. The molecule has 0 spiro atoms. The first kappa shape index (κ1) is 19.3. The van der Waals surface area contributed by atoms with Crippen LogP contribution in [-0.4, -0.2) is 45.2 Å². The Morgan fingerprint density at radius 1 is 1.43 bits per heavy atom. The number of nitrogens with zero attached hydrogens (tertiary/aromatic N) is 2. The van der Waals surface area contributed by atoms with Crippen molar-refractivity contribution in [2.45, 2.75) is 6.42 Å². The molecular formula is C16H23IN4O2. The van der Waals surface area contributed by atoms with Crippen molar-refractivity contribution in [3.8, 4) is 5.75 Å². The van der Waals surface area contributed by atoms with Crippen molar-refractivity contribution in [1.29, 1.82) is 0 Å². The lowest BCUT2D eigenvalue weighted by Crippen LogP contribution is -2.42. The summed E-state index contributed by atoms with van der Waals surface area (Å²) in [7, 11) is 1.72. The predicted molar refractivity (Wildman–Crippen MR) is 104 cm³/mol. The van der Waals surface area contributed by atoms with Crippen molar-refractivity contribution < 1.29 is 9.53 Å². The highest BCUT2D eigenvalue weighted by Gasteiger charge is 2.24. The zero-order valence-corrected chi connectivity index (χ0v) is 15.6. The summed E-state index contributed by atoms with van der Waals surface area (Å²) in [5.74, 6) is 1.49. The van der Waals surface area contributed by atoms with Gasteiger partial charge < -0.3 is 20.3 Å². The van der Waals surface area contributed by atoms with Crippen molar-refractivity contribution in [2.24, 2.45) is 4.99 Å². The monoisotopic (exact) mass is 430 g/mol. The molecule has 23 heavy (non-hydrogen) atoms. The van der Waals surface area contributed by atoms with E-state index in [1.54, 1.807) is 18.0 Å². The van der Waals surface area contributed by atoms with E-state index in [-0.39, 0.29) is 36.5 Å². The molecule has 126 valence electrons. The minimum Gasteiger partial charge on any atom is -0.482 e. The molecular weight excluding hydrogens is 407 g/mol. The number of aliphatic imine (C=N–C) groups is 1. The zero-order chi connectivity index (χ0) is 15.8. The summed E-state index contributed by atoms with van der Waals surface area (Å²) in [6.45, 7) is 5.79. The maximum Gasteiger partial charge on any atom is 0.265 e. The van der Waals surface area contributed by atoms with Crippen LogP contribution in [0, 0.1) is 0 Å². The van der Waals surface area contributed by atoms with Crippen LogP contribution in [0.25, 0.3) is 0 Å². The van der Waals surface area contributed by atoms with Crippen LogP contribution in [0.5, 0.6) is 5.75 Å². The van der Waals surface area contributed by atoms with E-state index in [2.05, 4.69) is 22.2 Å². The van der Waals surface area contributed by atoms with E-state index < -0.39 is 0 Å². The summed E-state index contributed by atoms with van der Waals surface area (Å²) in [5.41, 5.74) is 0.841. The Morgan fingerprint density at radius 2 is 2.22 bits per heavy atom. The van der Waals surface area contributed by atoms with Gasteiger partial charge in [0, 0.05) is 26.7 Å². The Balaban J connectivity index is 0.00000264. The molecule has 2 rings (SSSR count). The molecule has 7 heteroatoms.